The van der Waals surface area contributed by atoms with Gasteiger partial charge in [0.25, 0.3) is 0 Å². The van der Waals surface area contributed by atoms with Gasteiger partial charge in [-0.05, 0) is 29.8 Å². The minimum atomic E-state index is -0.975. The topological polar surface area (TPSA) is 101 Å². The van der Waals surface area contributed by atoms with E-state index in [9.17, 15) is 9.59 Å². The van der Waals surface area contributed by atoms with Crippen molar-refractivity contribution < 1.29 is 19.8 Å². The van der Waals surface area contributed by atoms with E-state index in [1.165, 1.54) is 0 Å². The molecule has 5 nitrogen and oxygen atoms in total. The van der Waals surface area contributed by atoms with Crippen LogP contribution in [0.4, 0.5) is 0 Å². The molecule has 0 saturated carbocycles. The van der Waals surface area contributed by atoms with Gasteiger partial charge in [-0.2, -0.15) is 11.8 Å². The highest BCUT2D eigenvalue weighted by Gasteiger charge is 2.21. The molecule has 0 heterocycles. The number of rotatable bonds is 9. The van der Waals surface area contributed by atoms with Crippen LogP contribution in [-0.2, 0) is 9.59 Å². The van der Waals surface area contributed by atoms with Crippen LogP contribution in [0.2, 0.25) is 0 Å². The third-order valence-electron chi connectivity index (χ3n) is 2.44. The van der Waals surface area contributed by atoms with Gasteiger partial charge in [0.1, 0.15) is 6.04 Å². The smallest absolute Gasteiger partial charge is 0.320 e. The molecule has 17 heavy (non-hydrogen) atoms. The number of aliphatic carboxylic acids is 2. The van der Waals surface area contributed by atoms with E-state index in [0.29, 0.717) is 12.2 Å². The predicted molar refractivity (Wildman–Crippen MR) is 68.2 cm³/mol. The summed E-state index contributed by atoms with van der Waals surface area (Å²) in [5, 5.41) is 17.3. The van der Waals surface area contributed by atoms with Gasteiger partial charge in [-0.25, -0.2) is 0 Å². The Morgan fingerprint density at radius 1 is 1.29 bits per heavy atom. The number of nitrogens with two attached hydrogens (primary N) is 1. The first-order valence-electron chi connectivity index (χ1n) is 5.52. The largest absolute Gasteiger partial charge is 0.481 e. The van der Waals surface area contributed by atoms with Gasteiger partial charge in [-0.3, -0.25) is 9.59 Å². The Morgan fingerprint density at radius 3 is 2.35 bits per heavy atom. The normalized spacial score (nSPS) is 13.4. The van der Waals surface area contributed by atoms with E-state index >= 15 is 0 Å². The fourth-order valence-corrected chi connectivity index (χ4v) is 2.60. The zero-order valence-electron chi connectivity index (χ0n) is 10.3. The third kappa shape index (κ3) is 9.00. The van der Waals surface area contributed by atoms with Crippen molar-refractivity contribution in [1.29, 1.82) is 0 Å². The average Bonchev–Trinajstić information content (AvgIpc) is 2.14. The summed E-state index contributed by atoms with van der Waals surface area (Å²) in [7, 11) is 0. The Labute approximate surface area is 106 Å². The molecule has 6 heteroatoms. The SMILES string of the molecule is CC(C)(CCSCC[C@@H](N)C(=O)O)CC(=O)O. The van der Waals surface area contributed by atoms with Crippen LogP contribution in [0.5, 0.6) is 0 Å². The first kappa shape index (κ1) is 16.2. The maximum Gasteiger partial charge on any atom is 0.320 e. The lowest BCUT2D eigenvalue weighted by Gasteiger charge is -2.21. The van der Waals surface area contributed by atoms with E-state index in [2.05, 4.69) is 0 Å². The van der Waals surface area contributed by atoms with E-state index in [4.69, 9.17) is 15.9 Å². The fourth-order valence-electron chi connectivity index (χ4n) is 1.28. The Bertz CT molecular complexity index is 268. The van der Waals surface area contributed by atoms with E-state index in [1.54, 1.807) is 11.8 Å². The van der Waals surface area contributed by atoms with Crippen LogP contribution < -0.4 is 5.73 Å². The second-order valence-electron chi connectivity index (χ2n) is 4.83. The Morgan fingerprint density at radius 2 is 1.88 bits per heavy atom. The molecule has 0 aromatic rings. The standard InChI is InChI=1S/C11H21NO4S/c1-11(2,7-9(13)14)4-6-17-5-3-8(12)10(15)16/h8H,3-7,12H2,1-2H3,(H,13,14)(H,15,16)/t8-/m1/s1. The minimum absolute atomic E-state index is 0.155. The van der Waals surface area contributed by atoms with Crippen molar-refractivity contribution in [2.75, 3.05) is 11.5 Å². The number of hydrogen-bond donors (Lipinski definition) is 3. The summed E-state index contributed by atoms with van der Waals surface area (Å²) in [6.07, 6.45) is 1.40. The average molecular weight is 263 g/mol. The van der Waals surface area contributed by atoms with Crippen molar-refractivity contribution in [3.05, 3.63) is 0 Å². The Hall–Kier alpha value is -0.750. The minimum Gasteiger partial charge on any atom is -0.481 e. The van der Waals surface area contributed by atoms with Gasteiger partial charge in [0.05, 0.1) is 6.42 Å². The van der Waals surface area contributed by atoms with Crippen LogP contribution in [0.15, 0.2) is 0 Å². The molecule has 0 saturated heterocycles. The molecule has 0 aromatic heterocycles. The summed E-state index contributed by atoms with van der Waals surface area (Å²) >= 11 is 1.62. The van der Waals surface area contributed by atoms with Gasteiger partial charge >= 0.3 is 11.9 Å². The number of carboxylic acids is 2. The lowest BCUT2D eigenvalue weighted by Crippen LogP contribution is -2.30. The lowest BCUT2D eigenvalue weighted by molar-refractivity contribution is -0.140. The quantitative estimate of drug-likeness (QED) is 0.544. The first-order valence-corrected chi connectivity index (χ1v) is 6.68. The monoisotopic (exact) mass is 263 g/mol. The van der Waals surface area contributed by atoms with E-state index in [-0.39, 0.29) is 11.8 Å². The third-order valence-corrected chi connectivity index (χ3v) is 3.46. The molecule has 4 N–H and O–H groups in total. The molecule has 1 atom stereocenters. The van der Waals surface area contributed by atoms with Gasteiger partial charge in [-0.1, -0.05) is 13.8 Å². The van der Waals surface area contributed by atoms with Crippen LogP contribution in [0, 0.1) is 5.41 Å². The molecule has 0 aromatic carbocycles. The van der Waals surface area contributed by atoms with Crippen molar-refractivity contribution in [1.82, 2.24) is 0 Å². The number of carboxylic acid groups (broad SMARTS) is 2. The van der Waals surface area contributed by atoms with E-state index in [0.717, 1.165) is 12.2 Å². The summed E-state index contributed by atoms with van der Waals surface area (Å²) in [5.74, 6) is -0.242. The predicted octanol–water partition coefficient (Wildman–Crippen LogP) is 1.41. The Balaban J connectivity index is 3.64. The highest BCUT2D eigenvalue weighted by atomic mass is 32.2. The zero-order chi connectivity index (χ0) is 13.5. The molecule has 0 bridgehead atoms. The van der Waals surface area contributed by atoms with Gasteiger partial charge < -0.3 is 15.9 Å². The van der Waals surface area contributed by atoms with Crippen molar-refractivity contribution in [2.24, 2.45) is 11.1 Å². The molecule has 0 aliphatic carbocycles. The van der Waals surface area contributed by atoms with Crippen molar-refractivity contribution in [3.8, 4) is 0 Å². The Kier molecular flexibility index (Phi) is 7.22. The second-order valence-corrected chi connectivity index (χ2v) is 6.06. The van der Waals surface area contributed by atoms with Gasteiger partial charge in [0, 0.05) is 0 Å². The lowest BCUT2D eigenvalue weighted by atomic mass is 9.87. The van der Waals surface area contributed by atoms with Crippen LogP contribution in [-0.4, -0.2) is 39.7 Å². The molecule has 0 amide bonds. The summed E-state index contributed by atoms with van der Waals surface area (Å²) in [6, 6.07) is -0.797. The summed E-state index contributed by atoms with van der Waals surface area (Å²) in [6.45, 7) is 3.84. The van der Waals surface area contributed by atoms with Crippen LogP contribution in [0.3, 0.4) is 0 Å². The van der Waals surface area contributed by atoms with Crippen molar-refractivity contribution in [3.63, 3.8) is 0 Å². The van der Waals surface area contributed by atoms with Crippen LogP contribution in [0.25, 0.3) is 0 Å². The molecule has 0 aliphatic rings. The molecule has 0 unspecified atom stereocenters. The molecule has 0 spiro atoms. The first-order chi connectivity index (χ1) is 7.74. The van der Waals surface area contributed by atoms with E-state index in [1.807, 2.05) is 13.8 Å². The van der Waals surface area contributed by atoms with Crippen molar-refractivity contribution in [2.45, 2.75) is 39.2 Å². The maximum atomic E-state index is 10.6. The van der Waals surface area contributed by atoms with Crippen molar-refractivity contribution >= 4 is 23.7 Å². The number of hydrogen-bond acceptors (Lipinski definition) is 4. The van der Waals surface area contributed by atoms with E-state index < -0.39 is 18.0 Å². The van der Waals surface area contributed by atoms with Gasteiger partial charge in [0.2, 0.25) is 0 Å². The zero-order valence-corrected chi connectivity index (χ0v) is 11.1. The van der Waals surface area contributed by atoms with Crippen LogP contribution >= 0.6 is 11.8 Å². The van der Waals surface area contributed by atoms with Gasteiger partial charge in [-0.15, -0.1) is 0 Å². The number of thioether (sulfide) groups is 1. The van der Waals surface area contributed by atoms with Crippen LogP contribution in [0.1, 0.15) is 33.1 Å². The molecular formula is C11H21NO4S. The molecule has 0 radical (unpaired) electrons. The highest BCUT2D eigenvalue weighted by Crippen LogP contribution is 2.27. The molecule has 100 valence electrons. The summed E-state index contributed by atoms with van der Waals surface area (Å²) < 4.78 is 0. The number of carbonyl (C=O) groups is 2. The van der Waals surface area contributed by atoms with Gasteiger partial charge in [0.15, 0.2) is 0 Å². The molecule has 0 aliphatic heterocycles. The summed E-state index contributed by atoms with van der Waals surface area (Å²) in [5.41, 5.74) is 5.15. The second kappa shape index (κ2) is 7.55. The maximum absolute atomic E-state index is 10.6. The molecule has 0 fully saturated rings. The summed E-state index contributed by atoms with van der Waals surface area (Å²) in [4.78, 5) is 21.0. The molecular weight excluding hydrogens is 242 g/mol. The highest BCUT2D eigenvalue weighted by molar-refractivity contribution is 7.99. The molecule has 0 rings (SSSR count). The fraction of sp³-hybridized carbons (Fsp3) is 0.818.